The maximum absolute atomic E-state index is 4.67. The van der Waals surface area contributed by atoms with Crippen LogP contribution in [0.5, 0.6) is 0 Å². The number of rotatable bonds is 2. The van der Waals surface area contributed by atoms with Crippen LogP contribution in [0.1, 0.15) is 0 Å². The average molecular weight is 282 g/mol. The Balaban J connectivity index is 1.80. The maximum Gasteiger partial charge on any atom is 0.159 e. The highest BCUT2D eigenvalue weighted by Crippen LogP contribution is 2.24. The topological polar surface area (TPSA) is 25.8 Å². The second-order valence-corrected chi connectivity index (χ2v) is 5.20. The number of hydrogen-bond donors (Lipinski definition) is 0. The molecule has 0 saturated heterocycles. The minimum Gasteiger partial charge on any atom is -0.236 e. The average Bonchev–Trinajstić information content (AvgIpc) is 2.62. The monoisotopic (exact) mass is 282 g/mol. The standard InChI is InChI=1S/C20H14N2/c1-3-7-15(8-4-1)17-11-12-19-18(13-17)14-21-20(22-19)16-9-5-2-6-10-16/h1-14H. The van der Waals surface area contributed by atoms with Gasteiger partial charge in [0.15, 0.2) is 5.82 Å². The van der Waals surface area contributed by atoms with Gasteiger partial charge < -0.3 is 0 Å². The first kappa shape index (κ1) is 12.7. The summed E-state index contributed by atoms with van der Waals surface area (Å²) in [6.45, 7) is 0. The first-order valence-electron chi connectivity index (χ1n) is 7.28. The SMILES string of the molecule is c1ccc(-c2ccc3nc(-c4ccccc4)ncc3c2)cc1. The fourth-order valence-electron chi connectivity index (χ4n) is 2.57. The van der Waals surface area contributed by atoms with Gasteiger partial charge in [-0.3, -0.25) is 0 Å². The van der Waals surface area contributed by atoms with Gasteiger partial charge in [0.1, 0.15) is 0 Å². The van der Waals surface area contributed by atoms with Crippen LogP contribution in [-0.2, 0) is 0 Å². The number of nitrogens with zero attached hydrogens (tertiary/aromatic N) is 2. The minimum absolute atomic E-state index is 0.764. The van der Waals surface area contributed by atoms with Gasteiger partial charge in [-0.05, 0) is 23.3 Å². The fraction of sp³-hybridized carbons (Fsp3) is 0. The van der Waals surface area contributed by atoms with Gasteiger partial charge in [0.05, 0.1) is 5.52 Å². The summed E-state index contributed by atoms with van der Waals surface area (Å²) in [5.41, 5.74) is 4.39. The zero-order valence-corrected chi connectivity index (χ0v) is 12.0. The Morgan fingerprint density at radius 1 is 0.591 bits per heavy atom. The number of aromatic nitrogens is 2. The van der Waals surface area contributed by atoms with Gasteiger partial charge in [-0.2, -0.15) is 0 Å². The number of fused-ring (bicyclic) bond motifs is 1. The van der Waals surface area contributed by atoms with Crippen LogP contribution in [0.2, 0.25) is 0 Å². The third-order valence-electron chi connectivity index (χ3n) is 3.72. The summed E-state index contributed by atoms with van der Waals surface area (Å²) in [6, 6.07) is 26.7. The Hall–Kier alpha value is -3.00. The molecule has 22 heavy (non-hydrogen) atoms. The zero-order chi connectivity index (χ0) is 14.8. The molecule has 1 aromatic heterocycles. The molecular weight excluding hydrogens is 268 g/mol. The lowest BCUT2D eigenvalue weighted by Crippen LogP contribution is -1.90. The largest absolute Gasteiger partial charge is 0.236 e. The highest BCUT2D eigenvalue weighted by Gasteiger charge is 2.04. The van der Waals surface area contributed by atoms with Crippen molar-refractivity contribution in [3.05, 3.63) is 85.1 Å². The third kappa shape index (κ3) is 2.35. The van der Waals surface area contributed by atoms with E-state index in [1.807, 2.05) is 42.6 Å². The molecule has 0 amide bonds. The van der Waals surface area contributed by atoms with Crippen molar-refractivity contribution in [3.63, 3.8) is 0 Å². The fourth-order valence-corrected chi connectivity index (χ4v) is 2.57. The molecule has 2 heteroatoms. The van der Waals surface area contributed by atoms with E-state index in [4.69, 9.17) is 0 Å². The van der Waals surface area contributed by atoms with Crippen LogP contribution >= 0.6 is 0 Å². The van der Waals surface area contributed by atoms with Crippen molar-refractivity contribution in [1.29, 1.82) is 0 Å². The molecular formula is C20H14N2. The molecule has 0 aliphatic heterocycles. The second kappa shape index (κ2) is 5.41. The molecule has 0 aliphatic rings. The molecule has 0 unspecified atom stereocenters. The minimum atomic E-state index is 0.764. The maximum atomic E-state index is 4.67. The van der Waals surface area contributed by atoms with Gasteiger partial charge >= 0.3 is 0 Å². The van der Waals surface area contributed by atoms with Crippen molar-refractivity contribution in [1.82, 2.24) is 9.97 Å². The van der Waals surface area contributed by atoms with Crippen LogP contribution in [0.25, 0.3) is 33.4 Å². The Bertz CT molecular complexity index is 837. The molecule has 3 aromatic carbocycles. The molecule has 1 heterocycles. The summed E-state index contributed by atoms with van der Waals surface area (Å²) < 4.78 is 0. The van der Waals surface area contributed by atoms with E-state index in [-0.39, 0.29) is 0 Å². The molecule has 4 aromatic rings. The Morgan fingerprint density at radius 2 is 1.27 bits per heavy atom. The summed E-state index contributed by atoms with van der Waals surface area (Å²) in [7, 11) is 0. The number of benzene rings is 3. The molecule has 0 atom stereocenters. The van der Waals surface area contributed by atoms with E-state index in [1.165, 1.54) is 11.1 Å². The van der Waals surface area contributed by atoms with E-state index < -0.39 is 0 Å². The number of hydrogen-bond acceptors (Lipinski definition) is 2. The van der Waals surface area contributed by atoms with Gasteiger partial charge in [-0.1, -0.05) is 66.7 Å². The van der Waals surface area contributed by atoms with Crippen molar-refractivity contribution < 1.29 is 0 Å². The van der Waals surface area contributed by atoms with Crippen molar-refractivity contribution in [2.45, 2.75) is 0 Å². The van der Waals surface area contributed by atoms with E-state index in [9.17, 15) is 0 Å². The third-order valence-corrected chi connectivity index (χ3v) is 3.72. The molecule has 0 aliphatic carbocycles. The Labute approximate surface area is 129 Å². The molecule has 0 spiro atoms. The van der Waals surface area contributed by atoms with Crippen LogP contribution in [-0.4, -0.2) is 9.97 Å². The zero-order valence-electron chi connectivity index (χ0n) is 12.0. The van der Waals surface area contributed by atoms with Crippen molar-refractivity contribution in [3.8, 4) is 22.5 Å². The smallest absolute Gasteiger partial charge is 0.159 e. The highest BCUT2D eigenvalue weighted by atomic mass is 14.9. The Morgan fingerprint density at radius 3 is 2.00 bits per heavy atom. The van der Waals surface area contributed by atoms with Crippen molar-refractivity contribution in [2.24, 2.45) is 0 Å². The van der Waals surface area contributed by atoms with E-state index in [1.54, 1.807) is 0 Å². The summed E-state index contributed by atoms with van der Waals surface area (Å²) in [5, 5.41) is 1.06. The molecule has 0 N–H and O–H groups in total. The quantitative estimate of drug-likeness (QED) is 0.519. The first-order valence-corrected chi connectivity index (χ1v) is 7.28. The predicted molar refractivity (Wildman–Crippen MR) is 90.4 cm³/mol. The van der Waals surface area contributed by atoms with Crippen LogP contribution in [0, 0.1) is 0 Å². The van der Waals surface area contributed by atoms with E-state index >= 15 is 0 Å². The molecule has 0 saturated carbocycles. The molecule has 104 valence electrons. The summed E-state index contributed by atoms with van der Waals surface area (Å²) >= 11 is 0. The normalized spacial score (nSPS) is 10.7. The van der Waals surface area contributed by atoms with Crippen LogP contribution in [0.15, 0.2) is 85.1 Å². The lowest BCUT2D eigenvalue weighted by atomic mass is 10.0. The van der Waals surface area contributed by atoms with Crippen molar-refractivity contribution >= 4 is 10.9 Å². The highest BCUT2D eigenvalue weighted by molar-refractivity contribution is 5.85. The van der Waals surface area contributed by atoms with Gasteiger partial charge in [-0.25, -0.2) is 9.97 Å². The molecule has 0 radical (unpaired) electrons. The van der Waals surface area contributed by atoms with Gasteiger partial charge in [0.25, 0.3) is 0 Å². The lowest BCUT2D eigenvalue weighted by molar-refractivity contribution is 1.23. The molecule has 2 nitrogen and oxygen atoms in total. The first-order chi connectivity index (χ1) is 10.9. The Kier molecular flexibility index (Phi) is 3.13. The van der Waals surface area contributed by atoms with Crippen LogP contribution < -0.4 is 0 Å². The van der Waals surface area contributed by atoms with E-state index in [2.05, 4.69) is 52.4 Å². The molecule has 0 bridgehead atoms. The van der Waals surface area contributed by atoms with Gasteiger partial charge in [0.2, 0.25) is 0 Å². The van der Waals surface area contributed by atoms with Gasteiger partial charge in [-0.15, -0.1) is 0 Å². The lowest BCUT2D eigenvalue weighted by Gasteiger charge is -2.05. The van der Waals surface area contributed by atoms with E-state index in [0.717, 1.165) is 22.3 Å². The molecule has 0 fully saturated rings. The summed E-state index contributed by atoms with van der Waals surface area (Å²) in [5.74, 6) is 0.764. The van der Waals surface area contributed by atoms with Crippen molar-refractivity contribution in [2.75, 3.05) is 0 Å². The predicted octanol–water partition coefficient (Wildman–Crippen LogP) is 4.96. The van der Waals surface area contributed by atoms with E-state index in [0.29, 0.717) is 0 Å². The summed E-state index contributed by atoms with van der Waals surface area (Å²) in [6.07, 6.45) is 1.90. The molecule has 4 rings (SSSR count). The van der Waals surface area contributed by atoms with Crippen LogP contribution in [0.3, 0.4) is 0 Å². The van der Waals surface area contributed by atoms with Gasteiger partial charge in [0, 0.05) is 17.1 Å². The summed E-state index contributed by atoms with van der Waals surface area (Å²) in [4.78, 5) is 9.17. The second-order valence-electron chi connectivity index (χ2n) is 5.20. The van der Waals surface area contributed by atoms with Crippen LogP contribution in [0.4, 0.5) is 0 Å².